The number of carbonyl (C=O) groups is 1. The molecule has 0 aliphatic carbocycles. The summed E-state index contributed by atoms with van der Waals surface area (Å²) >= 11 is 5.86. The molecule has 0 saturated heterocycles. The first kappa shape index (κ1) is 17.9. The maximum Gasteiger partial charge on any atom is 0.269 e. The van der Waals surface area contributed by atoms with Crippen molar-refractivity contribution < 1.29 is 4.79 Å². The molecule has 0 radical (unpaired) electrons. The van der Waals surface area contributed by atoms with Crippen LogP contribution in [0.5, 0.6) is 0 Å². The Hall–Kier alpha value is -2.92. The molecule has 2 N–H and O–H groups in total. The lowest BCUT2D eigenvalue weighted by Crippen LogP contribution is -2.26. The highest BCUT2D eigenvalue weighted by atomic mass is 35.5. The molecule has 3 aromatic rings. The summed E-state index contributed by atoms with van der Waals surface area (Å²) in [6, 6.07) is 15.0. The summed E-state index contributed by atoms with van der Waals surface area (Å²) in [5.74, 6) is -0.183. The summed E-state index contributed by atoms with van der Waals surface area (Å²) < 4.78 is 0. The average molecular weight is 367 g/mol. The van der Waals surface area contributed by atoms with Crippen LogP contribution in [-0.2, 0) is 13.0 Å². The van der Waals surface area contributed by atoms with Gasteiger partial charge in [0.15, 0.2) is 0 Å². The first-order chi connectivity index (χ1) is 12.7. The Labute approximate surface area is 157 Å². The molecule has 132 valence electrons. The molecule has 0 bridgehead atoms. The number of aromatic nitrogens is 2. The van der Waals surface area contributed by atoms with Crippen LogP contribution in [-0.4, -0.2) is 22.4 Å². The molecule has 1 aromatic carbocycles. The lowest BCUT2D eigenvalue weighted by Gasteiger charge is -2.08. The zero-order valence-corrected chi connectivity index (χ0v) is 14.9. The number of rotatable bonds is 7. The zero-order chi connectivity index (χ0) is 18.2. The molecule has 0 fully saturated rings. The summed E-state index contributed by atoms with van der Waals surface area (Å²) in [5.41, 5.74) is 3.45. The summed E-state index contributed by atoms with van der Waals surface area (Å²) in [6.07, 6.45) is 5.95. The van der Waals surface area contributed by atoms with Gasteiger partial charge in [-0.3, -0.25) is 9.78 Å². The molecular weight excluding hydrogens is 348 g/mol. The smallest absolute Gasteiger partial charge is 0.269 e. The van der Waals surface area contributed by atoms with Crippen molar-refractivity contribution >= 4 is 23.2 Å². The van der Waals surface area contributed by atoms with Crippen LogP contribution in [0.4, 0.5) is 5.69 Å². The fraction of sp³-hybridized carbons (Fsp3) is 0.150. The van der Waals surface area contributed by atoms with Gasteiger partial charge >= 0.3 is 0 Å². The van der Waals surface area contributed by atoms with Crippen molar-refractivity contribution in [3.63, 3.8) is 0 Å². The molecule has 2 heterocycles. The van der Waals surface area contributed by atoms with E-state index in [-0.39, 0.29) is 5.91 Å². The van der Waals surface area contributed by atoms with Gasteiger partial charge in [-0.1, -0.05) is 29.8 Å². The van der Waals surface area contributed by atoms with Gasteiger partial charge in [-0.25, -0.2) is 4.98 Å². The first-order valence-electron chi connectivity index (χ1n) is 8.32. The van der Waals surface area contributed by atoms with Gasteiger partial charge in [0.25, 0.3) is 5.91 Å². The van der Waals surface area contributed by atoms with Crippen molar-refractivity contribution in [2.75, 3.05) is 11.9 Å². The standard InChI is InChI=1S/C20H19ClN4O/c21-17-5-3-15(4-6-17)9-11-23-20(26)19-8-7-18(14-25-19)24-13-16-2-1-10-22-12-16/h1-8,10,12,14,24H,9,11,13H2,(H,23,26). The molecule has 5 nitrogen and oxygen atoms in total. The maximum absolute atomic E-state index is 12.2. The van der Waals surface area contributed by atoms with E-state index >= 15 is 0 Å². The average Bonchev–Trinajstić information content (AvgIpc) is 2.69. The summed E-state index contributed by atoms with van der Waals surface area (Å²) in [4.78, 5) is 20.5. The predicted molar refractivity (Wildman–Crippen MR) is 103 cm³/mol. The fourth-order valence-electron chi connectivity index (χ4n) is 2.40. The molecule has 0 aliphatic rings. The van der Waals surface area contributed by atoms with E-state index in [9.17, 15) is 4.79 Å². The van der Waals surface area contributed by atoms with Crippen molar-refractivity contribution in [2.45, 2.75) is 13.0 Å². The molecule has 0 saturated carbocycles. The highest BCUT2D eigenvalue weighted by Gasteiger charge is 2.06. The quantitative estimate of drug-likeness (QED) is 0.668. The molecule has 1 amide bonds. The number of halogens is 1. The normalized spacial score (nSPS) is 10.3. The minimum absolute atomic E-state index is 0.183. The van der Waals surface area contributed by atoms with Crippen LogP contribution in [0, 0.1) is 0 Å². The minimum atomic E-state index is -0.183. The second-order valence-electron chi connectivity index (χ2n) is 5.78. The highest BCUT2D eigenvalue weighted by Crippen LogP contribution is 2.10. The third kappa shape index (κ3) is 5.29. The van der Waals surface area contributed by atoms with E-state index in [1.807, 2.05) is 48.7 Å². The number of carbonyl (C=O) groups excluding carboxylic acids is 1. The minimum Gasteiger partial charge on any atom is -0.380 e. The van der Waals surface area contributed by atoms with E-state index in [1.165, 1.54) is 0 Å². The molecule has 0 unspecified atom stereocenters. The summed E-state index contributed by atoms with van der Waals surface area (Å²) in [5, 5.41) is 6.84. The van der Waals surface area contributed by atoms with Gasteiger partial charge in [-0.2, -0.15) is 0 Å². The third-order valence-corrected chi connectivity index (χ3v) is 4.08. The Bertz CT molecular complexity index is 836. The Morgan fingerprint density at radius 3 is 2.54 bits per heavy atom. The Balaban J connectivity index is 1.46. The predicted octanol–water partition coefficient (Wildman–Crippen LogP) is 3.71. The lowest BCUT2D eigenvalue weighted by molar-refractivity contribution is 0.0949. The van der Waals surface area contributed by atoms with E-state index in [0.29, 0.717) is 23.8 Å². The Kier molecular flexibility index (Phi) is 6.17. The fourth-order valence-corrected chi connectivity index (χ4v) is 2.53. The SMILES string of the molecule is O=C(NCCc1ccc(Cl)cc1)c1ccc(NCc2cccnc2)cn1. The van der Waals surface area contributed by atoms with Gasteiger partial charge in [0.2, 0.25) is 0 Å². The van der Waals surface area contributed by atoms with Crippen LogP contribution >= 0.6 is 11.6 Å². The van der Waals surface area contributed by atoms with Crippen molar-refractivity contribution in [3.8, 4) is 0 Å². The highest BCUT2D eigenvalue weighted by molar-refractivity contribution is 6.30. The number of nitrogens with zero attached hydrogens (tertiary/aromatic N) is 2. The number of pyridine rings is 2. The van der Waals surface area contributed by atoms with E-state index in [0.717, 1.165) is 23.2 Å². The number of amides is 1. The van der Waals surface area contributed by atoms with Gasteiger partial charge < -0.3 is 10.6 Å². The van der Waals surface area contributed by atoms with Crippen molar-refractivity contribution in [1.29, 1.82) is 0 Å². The first-order valence-corrected chi connectivity index (χ1v) is 8.70. The molecule has 2 aromatic heterocycles. The number of benzene rings is 1. The van der Waals surface area contributed by atoms with Crippen LogP contribution in [0.15, 0.2) is 67.1 Å². The van der Waals surface area contributed by atoms with Crippen LogP contribution < -0.4 is 10.6 Å². The van der Waals surface area contributed by atoms with Gasteiger partial charge in [0, 0.05) is 30.5 Å². The van der Waals surface area contributed by atoms with Crippen molar-refractivity contribution in [3.05, 3.63) is 89.0 Å². The number of hydrogen-bond donors (Lipinski definition) is 2. The van der Waals surface area contributed by atoms with Gasteiger partial charge in [-0.05, 0) is 47.9 Å². The van der Waals surface area contributed by atoms with Crippen molar-refractivity contribution in [1.82, 2.24) is 15.3 Å². The van der Waals surface area contributed by atoms with Crippen LogP contribution in [0.1, 0.15) is 21.6 Å². The number of hydrogen-bond acceptors (Lipinski definition) is 4. The molecular formula is C20H19ClN4O. The monoisotopic (exact) mass is 366 g/mol. The van der Waals surface area contributed by atoms with E-state index < -0.39 is 0 Å². The third-order valence-electron chi connectivity index (χ3n) is 3.83. The maximum atomic E-state index is 12.2. The lowest BCUT2D eigenvalue weighted by atomic mass is 10.1. The number of nitrogens with one attached hydrogen (secondary N) is 2. The summed E-state index contributed by atoms with van der Waals surface area (Å²) in [6.45, 7) is 1.20. The molecule has 3 rings (SSSR count). The molecule has 0 spiro atoms. The molecule has 26 heavy (non-hydrogen) atoms. The molecule has 0 atom stereocenters. The largest absolute Gasteiger partial charge is 0.380 e. The van der Waals surface area contributed by atoms with Gasteiger partial charge in [-0.15, -0.1) is 0 Å². The van der Waals surface area contributed by atoms with Crippen LogP contribution in [0.25, 0.3) is 0 Å². The number of anilines is 1. The molecule has 0 aliphatic heterocycles. The molecule has 6 heteroatoms. The summed E-state index contributed by atoms with van der Waals surface area (Å²) in [7, 11) is 0. The van der Waals surface area contributed by atoms with Crippen LogP contribution in [0.2, 0.25) is 5.02 Å². The van der Waals surface area contributed by atoms with E-state index in [4.69, 9.17) is 11.6 Å². The topological polar surface area (TPSA) is 66.9 Å². The van der Waals surface area contributed by atoms with E-state index in [2.05, 4.69) is 20.6 Å². The van der Waals surface area contributed by atoms with Crippen LogP contribution in [0.3, 0.4) is 0 Å². The van der Waals surface area contributed by atoms with Gasteiger partial charge in [0.05, 0.1) is 11.9 Å². The van der Waals surface area contributed by atoms with E-state index in [1.54, 1.807) is 18.5 Å². The second-order valence-corrected chi connectivity index (χ2v) is 6.22. The van der Waals surface area contributed by atoms with Crippen molar-refractivity contribution in [2.24, 2.45) is 0 Å². The second kappa shape index (κ2) is 8.97. The Morgan fingerprint density at radius 2 is 1.85 bits per heavy atom. The van der Waals surface area contributed by atoms with Gasteiger partial charge in [0.1, 0.15) is 5.69 Å². The zero-order valence-electron chi connectivity index (χ0n) is 14.2. The Morgan fingerprint density at radius 1 is 1.00 bits per heavy atom.